The highest BCUT2D eigenvalue weighted by Gasteiger charge is 2.20. The predicted octanol–water partition coefficient (Wildman–Crippen LogP) is 3.59. The average molecular weight is 316 g/mol. The zero-order valence-electron chi connectivity index (χ0n) is 12.9. The molecule has 0 aliphatic heterocycles. The number of hydrogen-bond acceptors (Lipinski definition) is 4. The molecule has 0 saturated carbocycles. The van der Waals surface area contributed by atoms with Gasteiger partial charge in [-0.3, -0.25) is 10.1 Å². The van der Waals surface area contributed by atoms with Gasteiger partial charge in [-0.25, -0.2) is 4.98 Å². The SMILES string of the molecule is Cc1ccc(OCC(=O)Nc2nc3c(s2)CC(C)CC3)cc1. The molecule has 1 aromatic carbocycles. The van der Waals surface area contributed by atoms with Gasteiger partial charge in [-0.1, -0.05) is 24.6 Å². The lowest BCUT2D eigenvalue weighted by Gasteiger charge is -2.15. The number of ether oxygens (including phenoxy) is 1. The second kappa shape index (κ2) is 6.48. The summed E-state index contributed by atoms with van der Waals surface area (Å²) in [5.41, 5.74) is 2.32. The van der Waals surface area contributed by atoms with Crippen molar-refractivity contribution >= 4 is 22.4 Å². The monoisotopic (exact) mass is 316 g/mol. The number of aromatic nitrogens is 1. The van der Waals surface area contributed by atoms with Crippen LogP contribution < -0.4 is 10.1 Å². The highest BCUT2D eigenvalue weighted by molar-refractivity contribution is 7.15. The number of anilines is 1. The first-order chi connectivity index (χ1) is 10.6. The number of thiazole rings is 1. The van der Waals surface area contributed by atoms with Crippen LogP contribution in [0.3, 0.4) is 0 Å². The molecule has 1 aromatic heterocycles. The first kappa shape index (κ1) is 15.0. The zero-order valence-corrected chi connectivity index (χ0v) is 13.7. The van der Waals surface area contributed by atoms with Gasteiger partial charge < -0.3 is 4.74 Å². The van der Waals surface area contributed by atoms with E-state index in [1.807, 2.05) is 31.2 Å². The van der Waals surface area contributed by atoms with Crippen LogP contribution in [0.2, 0.25) is 0 Å². The lowest BCUT2D eigenvalue weighted by molar-refractivity contribution is -0.118. The lowest BCUT2D eigenvalue weighted by Crippen LogP contribution is -2.20. The summed E-state index contributed by atoms with van der Waals surface area (Å²) in [5, 5.41) is 3.53. The Morgan fingerprint density at radius 2 is 2.18 bits per heavy atom. The molecular formula is C17H20N2O2S. The fraction of sp³-hybridized carbons (Fsp3) is 0.412. The molecule has 0 radical (unpaired) electrons. The Morgan fingerprint density at radius 3 is 2.95 bits per heavy atom. The molecule has 4 nitrogen and oxygen atoms in total. The Labute approximate surface area is 134 Å². The minimum absolute atomic E-state index is 0.00368. The fourth-order valence-corrected chi connectivity index (χ4v) is 3.72. The summed E-state index contributed by atoms with van der Waals surface area (Å²) in [6.07, 6.45) is 3.27. The summed E-state index contributed by atoms with van der Waals surface area (Å²) in [7, 11) is 0. The van der Waals surface area contributed by atoms with Crippen molar-refractivity contribution in [2.75, 3.05) is 11.9 Å². The van der Waals surface area contributed by atoms with Crippen molar-refractivity contribution in [1.82, 2.24) is 4.98 Å². The van der Waals surface area contributed by atoms with Gasteiger partial charge in [-0.15, -0.1) is 11.3 Å². The number of nitrogens with zero attached hydrogens (tertiary/aromatic N) is 1. The van der Waals surface area contributed by atoms with Gasteiger partial charge in [0.25, 0.3) is 5.91 Å². The molecule has 0 bridgehead atoms. The highest BCUT2D eigenvalue weighted by atomic mass is 32.1. The summed E-state index contributed by atoms with van der Waals surface area (Å²) in [6, 6.07) is 7.66. The number of benzene rings is 1. The van der Waals surface area contributed by atoms with Crippen molar-refractivity contribution in [1.29, 1.82) is 0 Å². The van der Waals surface area contributed by atoms with Crippen LogP contribution in [-0.4, -0.2) is 17.5 Å². The van der Waals surface area contributed by atoms with E-state index >= 15 is 0 Å². The quantitative estimate of drug-likeness (QED) is 0.938. The zero-order chi connectivity index (χ0) is 15.5. The molecule has 1 atom stereocenters. The van der Waals surface area contributed by atoms with Crippen LogP contribution in [0, 0.1) is 12.8 Å². The van der Waals surface area contributed by atoms with Crippen LogP contribution in [0.25, 0.3) is 0 Å². The van der Waals surface area contributed by atoms with E-state index in [0.29, 0.717) is 16.8 Å². The summed E-state index contributed by atoms with van der Waals surface area (Å²) >= 11 is 1.59. The van der Waals surface area contributed by atoms with Crippen molar-refractivity contribution in [3.05, 3.63) is 40.4 Å². The summed E-state index contributed by atoms with van der Waals surface area (Å²) < 4.78 is 5.48. The number of nitrogens with one attached hydrogen (secondary N) is 1. The maximum atomic E-state index is 12.0. The Bertz CT molecular complexity index is 664. The van der Waals surface area contributed by atoms with Gasteiger partial charge in [0.1, 0.15) is 5.75 Å². The van der Waals surface area contributed by atoms with Crippen molar-refractivity contribution < 1.29 is 9.53 Å². The normalized spacial score (nSPS) is 16.9. The summed E-state index contributed by atoms with van der Waals surface area (Å²) in [5.74, 6) is 1.24. The number of carbonyl (C=O) groups is 1. The Hall–Kier alpha value is -1.88. The minimum atomic E-state index is -0.167. The van der Waals surface area contributed by atoms with E-state index in [4.69, 9.17) is 4.74 Å². The molecule has 116 valence electrons. The van der Waals surface area contributed by atoms with Crippen molar-refractivity contribution in [2.45, 2.75) is 33.1 Å². The molecule has 1 amide bonds. The molecule has 0 spiro atoms. The van der Waals surface area contributed by atoms with E-state index in [2.05, 4.69) is 17.2 Å². The molecule has 0 fully saturated rings. The first-order valence-electron chi connectivity index (χ1n) is 7.58. The van der Waals surface area contributed by atoms with Gasteiger partial charge in [0, 0.05) is 4.88 Å². The predicted molar refractivity (Wildman–Crippen MR) is 88.6 cm³/mol. The number of hydrogen-bond donors (Lipinski definition) is 1. The van der Waals surface area contributed by atoms with Crippen molar-refractivity contribution in [2.24, 2.45) is 5.92 Å². The summed E-state index contributed by atoms with van der Waals surface area (Å²) in [6.45, 7) is 4.28. The van der Waals surface area contributed by atoms with Crippen molar-refractivity contribution in [3.8, 4) is 5.75 Å². The Balaban J connectivity index is 1.54. The molecule has 3 rings (SSSR count). The molecular weight excluding hydrogens is 296 g/mol. The molecule has 1 aliphatic carbocycles. The molecule has 1 N–H and O–H groups in total. The maximum Gasteiger partial charge on any atom is 0.264 e. The van der Waals surface area contributed by atoms with Crippen LogP contribution in [0.5, 0.6) is 5.75 Å². The van der Waals surface area contributed by atoms with E-state index in [-0.39, 0.29) is 12.5 Å². The molecule has 22 heavy (non-hydrogen) atoms. The number of amides is 1. The second-order valence-electron chi connectivity index (χ2n) is 5.89. The molecule has 2 aromatic rings. The first-order valence-corrected chi connectivity index (χ1v) is 8.39. The van der Waals surface area contributed by atoms with E-state index in [1.165, 1.54) is 16.9 Å². The third-order valence-electron chi connectivity index (χ3n) is 3.82. The van der Waals surface area contributed by atoms with Gasteiger partial charge in [-0.2, -0.15) is 0 Å². The van der Waals surface area contributed by atoms with Gasteiger partial charge >= 0.3 is 0 Å². The molecule has 5 heteroatoms. The molecule has 1 heterocycles. The second-order valence-corrected chi connectivity index (χ2v) is 6.97. The average Bonchev–Trinajstić information content (AvgIpc) is 2.88. The maximum absolute atomic E-state index is 12.0. The highest BCUT2D eigenvalue weighted by Crippen LogP contribution is 2.32. The van der Waals surface area contributed by atoms with Crippen molar-refractivity contribution in [3.63, 3.8) is 0 Å². The summed E-state index contributed by atoms with van der Waals surface area (Å²) in [4.78, 5) is 17.8. The van der Waals surface area contributed by atoms with Crippen LogP contribution in [0.1, 0.15) is 29.5 Å². The van der Waals surface area contributed by atoms with E-state index in [1.54, 1.807) is 11.3 Å². The van der Waals surface area contributed by atoms with Crippen LogP contribution >= 0.6 is 11.3 Å². The largest absolute Gasteiger partial charge is 0.484 e. The lowest BCUT2D eigenvalue weighted by atomic mass is 9.93. The fourth-order valence-electron chi connectivity index (χ4n) is 2.53. The van der Waals surface area contributed by atoms with E-state index < -0.39 is 0 Å². The third-order valence-corrected chi connectivity index (χ3v) is 4.86. The number of carbonyl (C=O) groups excluding carboxylic acids is 1. The molecule has 1 unspecified atom stereocenters. The Morgan fingerprint density at radius 1 is 1.41 bits per heavy atom. The van der Waals surface area contributed by atoms with Gasteiger partial charge in [-0.05, 0) is 44.2 Å². The van der Waals surface area contributed by atoms with E-state index in [0.717, 1.165) is 18.5 Å². The standard InChI is InChI=1S/C17H20N2O2S/c1-11-3-6-13(7-4-11)21-10-16(20)19-17-18-14-8-5-12(2)9-15(14)22-17/h3-4,6-7,12H,5,8-10H2,1-2H3,(H,18,19,20). The number of fused-ring (bicyclic) bond motifs is 1. The van der Waals surface area contributed by atoms with Gasteiger partial charge in [0.15, 0.2) is 11.7 Å². The van der Waals surface area contributed by atoms with Crippen LogP contribution in [0.15, 0.2) is 24.3 Å². The van der Waals surface area contributed by atoms with Crippen LogP contribution in [-0.2, 0) is 17.6 Å². The minimum Gasteiger partial charge on any atom is -0.484 e. The topological polar surface area (TPSA) is 51.2 Å². The van der Waals surface area contributed by atoms with Gasteiger partial charge in [0.05, 0.1) is 5.69 Å². The number of aryl methyl sites for hydroxylation is 2. The van der Waals surface area contributed by atoms with Crippen LogP contribution in [0.4, 0.5) is 5.13 Å². The number of rotatable bonds is 4. The third kappa shape index (κ3) is 3.65. The van der Waals surface area contributed by atoms with Gasteiger partial charge in [0.2, 0.25) is 0 Å². The van der Waals surface area contributed by atoms with E-state index in [9.17, 15) is 4.79 Å². The Kier molecular flexibility index (Phi) is 4.43. The smallest absolute Gasteiger partial charge is 0.264 e. The molecule has 1 aliphatic rings. The molecule has 0 saturated heterocycles.